The van der Waals surface area contributed by atoms with Gasteiger partial charge in [-0.1, -0.05) is 33.9 Å². The van der Waals surface area contributed by atoms with Gasteiger partial charge in [0, 0.05) is 0 Å². The van der Waals surface area contributed by atoms with Gasteiger partial charge >= 0.3 is 0 Å². The summed E-state index contributed by atoms with van der Waals surface area (Å²) in [7, 11) is 0. The summed E-state index contributed by atoms with van der Waals surface area (Å²) in [5.41, 5.74) is 1.38. The fourth-order valence-electron chi connectivity index (χ4n) is 0. The van der Waals surface area contributed by atoms with E-state index in [1.807, 2.05) is 6.92 Å². The fraction of sp³-hybridized carbons (Fsp3) is 0.750. The predicted molar refractivity (Wildman–Crippen MR) is 45.3 cm³/mol. The van der Waals surface area contributed by atoms with Crippen LogP contribution in [-0.2, 0) is 0 Å². The Morgan fingerprint density at radius 2 is 1.12 bits per heavy atom. The summed E-state index contributed by atoms with van der Waals surface area (Å²) in [4.78, 5) is 0. The van der Waals surface area contributed by atoms with Crippen LogP contribution in [0.25, 0.3) is 0 Å². The minimum absolute atomic E-state index is 0. The van der Waals surface area contributed by atoms with E-state index in [0.29, 0.717) is 0 Å². The molecular formula is C8H22. The summed E-state index contributed by atoms with van der Waals surface area (Å²) in [5, 5.41) is 0. The second kappa shape index (κ2) is 15.9. The Balaban J connectivity index is -0.0000000267. The molecule has 0 nitrogen and oxygen atoms in total. The molecule has 0 saturated heterocycles. The van der Waals surface area contributed by atoms with Gasteiger partial charge in [0.15, 0.2) is 0 Å². The van der Waals surface area contributed by atoms with Gasteiger partial charge in [0.05, 0.1) is 0 Å². The number of rotatable bonds is 0. The van der Waals surface area contributed by atoms with Crippen LogP contribution < -0.4 is 0 Å². The second-order valence-corrected chi connectivity index (χ2v) is 1.37. The molecule has 0 aliphatic rings. The first kappa shape index (κ1) is 25.1. The van der Waals surface area contributed by atoms with Crippen molar-refractivity contribution in [2.24, 2.45) is 0 Å². The monoisotopic (exact) mass is 118 g/mol. The quantitative estimate of drug-likeness (QED) is 0.423. The summed E-state index contributed by atoms with van der Waals surface area (Å²) in [6.45, 7) is 6.20. The summed E-state index contributed by atoms with van der Waals surface area (Å²) in [5.74, 6) is 0. The molecule has 0 unspecified atom stereocenters. The number of hydrogen-bond donors (Lipinski definition) is 0. The van der Waals surface area contributed by atoms with E-state index < -0.39 is 0 Å². The third kappa shape index (κ3) is 42.6. The van der Waals surface area contributed by atoms with E-state index >= 15 is 0 Å². The first-order valence-electron chi connectivity index (χ1n) is 1.87. The molecule has 0 aromatic rings. The molecule has 0 spiro atoms. The average molecular weight is 118 g/mol. The standard InChI is InChI=1S/C5H10.3CH4/c1-4-5(2)3;;;/h4H,1-3H3;3*1H4. The third-order valence-corrected chi connectivity index (χ3v) is 0.577. The van der Waals surface area contributed by atoms with E-state index in [2.05, 4.69) is 19.9 Å². The lowest BCUT2D eigenvalue weighted by atomic mass is 10.3. The molecule has 0 N–H and O–H groups in total. The van der Waals surface area contributed by atoms with Gasteiger partial charge < -0.3 is 0 Å². The van der Waals surface area contributed by atoms with Gasteiger partial charge in [-0.05, 0) is 20.8 Å². The van der Waals surface area contributed by atoms with Crippen LogP contribution in [0.1, 0.15) is 43.1 Å². The van der Waals surface area contributed by atoms with E-state index in [-0.39, 0.29) is 22.3 Å². The van der Waals surface area contributed by atoms with Crippen LogP contribution in [0, 0.1) is 0 Å². The van der Waals surface area contributed by atoms with Crippen molar-refractivity contribution in [3.8, 4) is 0 Å². The van der Waals surface area contributed by atoms with Gasteiger partial charge in [0.2, 0.25) is 0 Å². The van der Waals surface area contributed by atoms with Crippen molar-refractivity contribution in [2.45, 2.75) is 43.1 Å². The van der Waals surface area contributed by atoms with Gasteiger partial charge in [-0.2, -0.15) is 0 Å². The highest BCUT2D eigenvalue weighted by Gasteiger charge is 1.60. The van der Waals surface area contributed by atoms with E-state index in [9.17, 15) is 0 Å². The van der Waals surface area contributed by atoms with E-state index in [1.165, 1.54) is 5.57 Å². The molecule has 0 bridgehead atoms. The molecule has 0 fully saturated rings. The molecule has 0 aliphatic heterocycles. The molecule has 8 heavy (non-hydrogen) atoms. The highest BCUT2D eigenvalue weighted by molar-refractivity contribution is 4.88. The molecule has 0 heteroatoms. The molecule has 0 amide bonds. The predicted octanol–water partition coefficient (Wildman–Crippen LogP) is 3.88. The van der Waals surface area contributed by atoms with E-state index in [1.54, 1.807) is 0 Å². The van der Waals surface area contributed by atoms with Crippen molar-refractivity contribution in [3.05, 3.63) is 11.6 Å². The Kier molecular flexibility index (Phi) is 49.9. The Bertz CT molecular complexity index is 38.0. The van der Waals surface area contributed by atoms with Crippen LogP contribution in [0.2, 0.25) is 0 Å². The minimum Gasteiger partial charge on any atom is -0.0890 e. The molecule has 0 aromatic carbocycles. The highest BCUT2D eigenvalue weighted by atomic mass is 13.7. The normalized spacial score (nSPS) is 4.38. The molecule has 0 atom stereocenters. The maximum absolute atomic E-state index is 2.08. The van der Waals surface area contributed by atoms with E-state index in [0.717, 1.165) is 0 Å². The van der Waals surface area contributed by atoms with Gasteiger partial charge in [-0.25, -0.2) is 0 Å². The van der Waals surface area contributed by atoms with Crippen molar-refractivity contribution in [1.29, 1.82) is 0 Å². The zero-order valence-electron chi connectivity index (χ0n) is 4.08. The summed E-state index contributed by atoms with van der Waals surface area (Å²) in [6.07, 6.45) is 2.08. The molecule has 0 saturated carbocycles. The van der Waals surface area contributed by atoms with Crippen molar-refractivity contribution < 1.29 is 0 Å². The fourth-order valence-corrected chi connectivity index (χ4v) is 0. The maximum Gasteiger partial charge on any atom is -0.0442 e. The number of hydrogen-bond acceptors (Lipinski definition) is 0. The third-order valence-electron chi connectivity index (χ3n) is 0.577. The van der Waals surface area contributed by atoms with Crippen LogP contribution >= 0.6 is 0 Å². The lowest BCUT2D eigenvalue weighted by molar-refractivity contribution is 1.36. The SMILES string of the molecule is C.C.C.CC=C(C)C. The molecule has 0 radical (unpaired) electrons. The van der Waals surface area contributed by atoms with Crippen LogP contribution in [0.5, 0.6) is 0 Å². The zero-order valence-corrected chi connectivity index (χ0v) is 4.08. The average Bonchev–Trinajstić information content (AvgIpc) is 1.38. The number of allylic oxidation sites excluding steroid dienone is 2. The molecule has 0 aliphatic carbocycles. The molecular weight excluding hydrogens is 96.1 g/mol. The molecule has 0 aromatic heterocycles. The van der Waals surface area contributed by atoms with Crippen molar-refractivity contribution in [2.75, 3.05) is 0 Å². The molecule has 0 rings (SSSR count). The first-order valence-corrected chi connectivity index (χ1v) is 1.87. The first-order chi connectivity index (χ1) is 2.27. The van der Waals surface area contributed by atoms with Crippen molar-refractivity contribution >= 4 is 0 Å². The smallest absolute Gasteiger partial charge is 0.0442 e. The largest absolute Gasteiger partial charge is 0.0890 e. The van der Waals surface area contributed by atoms with Crippen LogP contribution in [0.4, 0.5) is 0 Å². The summed E-state index contributed by atoms with van der Waals surface area (Å²) < 4.78 is 0. The Morgan fingerprint density at radius 3 is 1.12 bits per heavy atom. The zero-order chi connectivity index (χ0) is 4.28. The summed E-state index contributed by atoms with van der Waals surface area (Å²) in [6, 6.07) is 0. The van der Waals surface area contributed by atoms with Gasteiger partial charge in [0.1, 0.15) is 0 Å². The Hall–Kier alpha value is -0.260. The van der Waals surface area contributed by atoms with Crippen molar-refractivity contribution in [1.82, 2.24) is 0 Å². The van der Waals surface area contributed by atoms with Crippen LogP contribution in [0.3, 0.4) is 0 Å². The Labute approximate surface area is 55.6 Å². The topological polar surface area (TPSA) is 0 Å². The maximum atomic E-state index is 2.08. The van der Waals surface area contributed by atoms with Crippen LogP contribution in [-0.4, -0.2) is 0 Å². The van der Waals surface area contributed by atoms with E-state index in [4.69, 9.17) is 0 Å². The second-order valence-electron chi connectivity index (χ2n) is 1.37. The Morgan fingerprint density at radius 1 is 1.00 bits per heavy atom. The van der Waals surface area contributed by atoms with Crippen molar-refractivity contribution in [3.63, 3.8) is 0 Å². The highest BCUT2D eigenvalue weighted by Crippen LogP contribution is 1.82. The lowest BCUT2D eigenvalue weighted by Crippen LogP contribution is -1.52. The van der Waals surface area contributed by atoms with Gasteiger partial charge in [-0.3, -0.25) is 0 Å². The molecule has 0 heterocycles. The van der Waals surface area contributed by atoms with Gasteiger partial charge in [0.25, 0.3) is 0 Å². The minimum atomic E-state index is 0. The lowest BCUT2D eigenvalue weighted by Gasteiger charge is -1.74. The molecule has 54 valence electrons. The van der Waals surface area contributed by atoms with Crippen LogP contribution in [0.15, 0.2) is 11.6 Å². The van der Waals surface area contributed by atoms with Gasteiger partial charge in [-0.15, -0.1) is 0 Å². The summed E-state index contributed by atoms with van der Waals surface area (Å²) >= 11 is 0.